The molecule has 1 fully saturated rings. The van der Waals surface area contributed by atoms with E-state index in [1.54, 1.807) is 0 Å². The normalized spacial score (nSPS) is 27.1. The minimum Gasteiger partial charge on any atom is -0.493 e. The molecule has 0 spiro atoms. The summed E-state index contributed by atoms with van der Waals surface area (Å²) in [5, 5.41) is 10.5. The summed E-state index contributed by atoms with van der Waals surface area (Å²) in [5.74, 6) is 2.13. The van der Waals surface area contributed by atoms with Crippen molar-refractivity contribution in [3.8, 4) is 5.75 Å². The van der Waals surface area contributed by atoms with Crippen LogP contribution in [0.1, 0.15) is 37.3 Å². The second kappa shape index (κ2) is 5.45. The Hall–Kier alpha value is -0.540. The van der Waals surface area contributed by atoms with Gasteiger partial charge in [-0.3, -0.25) is 0 Å². The van der Waals surface area contributed by atoms with Crippen LogP contribution in [0.4, 0.5) is 0 Å². The molecule has 1 heterocycles. The average molecular weight is 325 g/mol. The van der Waals surface area contributed by atoms with Crippen molar-refractivity contribution in [1.29, 1.82) is 0 Å². The van der Waals surface area contributed by atoms with Gasteiger partial charge in [-0.05, 0) is 41.5 Å². The Morgan fingerprint density at radius 2 is 2.26 bits per heavy atom. The molecule has 3 rings (SSSR count). The van der Waals surface area contributed by atoms with Gasteiger partial charge < -0.3 is 9.84 Å². The predicted octanol–water partition coefficient (Wildman–Crippen LogP) is 3.72. The maximum absolute atomic E-state index is 10.5. The van der Waals surface area contributed by atoms with E-state index in [0.717, 1.165) is 35.2 Å². The average Bonchev–Trinajstić information content (AvgIpc) is 2.97. The maximum Gasteiger partial charge on any atom is 0.125 e. The van der Waals surface area contributed by atoms with Crippen LogP contribution < -0.4 is 4.74 Å². The predicted molar refractivity (Wildman–Crippen MR) is 79.6 cm³/mol. The molecule has 3 unspecified atom stereocenters. The maximum atomic E-state index is 10.5. The topological polar surface area (TPSA) is 29.5 Å². The van der Waals surface area contributed by atoms with E-state index in [1.165, 1.54) is 24.8 Å². The molecule has 3 heteroatoms. The second-order valence-electron chi connectivity index (χ2n) is 6.00. The van der Waals surface area contributed by atoms with Crippen LogP contribution in [0.15, 0.2) is 16.6 Å². The molecule has 1 aromatic rings. The lowest BCUT2D eigenvalue weighted by molar-refractivity contribution is 0.0895. The van der Waals surface area contributed by atoms with Gasteiger partial charge in [-0.2, -0.15) is 0 Å². The van der Waals surface area contributed by atoms with Crippen molar-refractivity contribution in [2.24, 2.45) is 11.8 Å². The highest BCUT2D eigenvalue weighted by Gasteiger charge is 2.31. The van der Waals surface area contributed by atoms with Gasteiger partial charge in [0.25, 0.3) is 0 Å². The summed E-state index contributed by atoms with van der Waals surface area (Å²) >= 11 is 3.56. The van der Waals surface area contributed by atoms with Crippen molar-refractivity contribution >= 4 is 15.9 Å². The van der Waals surface area contributed by atoms with E-state index >= 15 is 0 Å². The lowest BCUT2D eigenvalue weighted by atomic mass is 9.88. The quantitative estimate of drug-likeness (QED) is 0.918. The number of benzene rings is 1. The fourth-order valence-electron chi connectivity index (χ4n) is 3.62. The number of aliphatic hydroxyl groups is 1. The molecule has 1 saturated carbocycles. The van der Waals surface area contributed by atoms with Crippen molar-refractivity contribution in [2.45, 2.75) is 45.1 Å². The van der Waals surface area contributed by atoms with Crippen LogP contribution in [-0.4, -0.2) is 17.8 Å². The Labute approximate surface area is 123 Å². The summed E-state index contributed by atoms with van der Waals surface area (Å²) in [7, 11) is 0. The largest absolute Gasteiger partial charge is 0.493 e. The molecule has 1 N–H and O–H groups in total. The molecule has 1 aliphatic carbocycles. The monoisotopic (exact) mass is 324 g/mol. The van der Waals surface area contributed by atoms with Crippen molar-refractivity contribution < 1.29 is 9.84 Å². The van der Waals surface area contributed by atoms with Crippen molar-refractivity contribution in [3.63, 3.8) is 0 Å². The number of rotatable bonds is 3. The molecule has 2 aliphatic rings. The third-order valence-corrected chi connectivity index (χ3v) is 5.13. The fourth-order valence-corrected chi connectivity index (χ4v) is 4.17. The Kier molecular flexibility index (Phi) is 3.86. The third kappa shape index (κ3) is 2.68. The van der Waals surface area contributed by atoms with Crippen molar-refractivity contribution in [1.82, 2.24) is 0 Å². The van der Waals surface area contributed by atoms with Gasteiger partial charge in [0.1, 0.15) is 5.75 Å². The number of fused-ring (bicyclic) bond motifs is 1. The highest BCUT2D eigenvalue weighted by Crippen LogP contribution is 2.38. The first-order valence-electron chi connectivity index (χ1n) is 7.27. The summed E-state index contributed by atoms with van der Waals surface area (Å²) in [5.41, 5.74) is 2.43. The molecule has 2 nitrogen and oxygen atoms in total. The minimum absolute atomic E-state index is 0.236. The summed E-state index contributed by atoms with van der Waals surface area (Å²) in [4.78, 5) is 0. The van der Waals surface area contributed by atoms with Crippen LogP contribution in [0.5, 0.6) is 5.75 Å². The molecule has 0 amide bonds. The van der Waals surface area contributed by atoms with Gasteiger partial charge in [-0.25, -0.2) is 0 Å². The zero-order valence-electron chi connectivity index (χ0n) is 11.4. The van der Waals surface area contributed by atoms with E-state index in [1.807, 2.05) is 0 Å². The molecule has 0 aromatic heterocycles. The highest BCUT2D eigenvalue weighted by atomic mass is 79.9. The van der Waals surface area contributed by atoms with Gasteiger partial charge in [-0.1, -0.05) is 35.7 Å². The summed E-state index contributed by atoms with van der Waals surface area (Å²) < 4.78 is 6.84. The highest BCUT2D eigenvalue weighted by molar-refractivity contribution is 9.10. The summed E-state index contributed by atoms with van der Waals surface area (Å²) in [6, 6.07) is 4.24. The fraction of sp³-hybridized carbons (Fsp3) is 0.625. The van der Waals surface area contributed by atoms with E-state index in [2.05, 4.69) is 35.0 Å². The van der Waals surface area contributed by atoms with Crippen LogP contribution in [-0.2, 0) is 12.8 Å². The number of ether oxygens (including phenoxy) is 1. The Bertz CT molecular complexity index is 472. The first-order chi connectivity index (χ1) is 9.15. The first-order valence-corrected chi connectivity index (χ1v) is 8.06. The second-order valence-corrected chi connectivity index (χ2v) is 6.91. The molecular weight excluding hydrogens is 304 g/mol. The number of halogens is 1. The lowest BCUT2D eigenvalue weighted by Crippen LogP contribution is -2.25. The summed E-state index contributed by atoms with van der Waals surface area (Å²) in [6.07, 6.45) is 5.15. The number of hydrogen-bond donors (Lipinski definition) is 1. The van der Waals surface area contributed by atoms with Crippen LogP contribution >= 0.6 is 15.9 Å². The zero-order valence-corrected chi connectivity index (χ0v) is 12.9. The van der Waals surface area contributed by atoms with Crippen LogP contribution in [0.25, 0.3) is 0 Å². The number of aliphatic hydroxyl groups excluding tert-OH is 1. The van der Waals surface area contributed by atoms with Gasteiger partial charge >= 0.3 is 0 Å². The molecule has 1 aromatic carbocycles. The van der Waals surface area contributed by atoms with E-state index in [-0.39, 0.29) is 6.10 Å². The number of hydrogen-bond acceptors (Lipinski definition) is 2. The van der Waals surface area contributed by atoms with Crippen molar-refractivity contribution in [3.05, 3.63) is 27.7 Å². The Morgan fingerprint density at radius 3 is 3.00 bits per heavy atom. The molecule has 1 aliphatic heterocycles. The van der Waals surface area contributed by atoms with Gasteiger partial charge in [0.2, 0.25) is 0 Å². The smallest absolute Gasteiger partial charge is 0.125 e. The lowest BCUT2D eigenvalue weighted by Gasteiger charge is -2.23. The molecule has 0 radical (unpaired) electrons. The molecule has 0 bridgehead atoms. The van der Waals surface area contributed by atoms with E-state index in [0.29, 0.717) is 11.8 Å². The zero-order chi connectivity index (χ0) is 13.4. The van der Waals surface area contributed by atoms with Gasteiger partial charge in [0, 0.05) is 17.3 Å². The van der Waals surface area contributed by atoms with Crippen molar-refractivity contribution in [2.75, 3.05) is 6.61 Å². The standard InChI is InChI=1S/C16H21BrO2/c1-10-3-2-4-14(10)15(18)9-12-8-13(17)7-11-5-6-19-16(11)12/h7-8,10,14-15,18H,2-6,9H2,1H3. The van der Waals surface area contributed by atoms with Crippen LogP contribution in [0.3, 0.4) is 0 Å². The molecule has 104 valence electrons. The Balaban J connectivity index is 1.79. The van der Waals surface area contributed by atoms with Gasteiger partial charge in [0.05, 0.1) is 12.7 Å². The molecular formula is C16H21BrO2. The molecule has 3 atom stereocenters. The molecule has 19 heavy (non-hydrogen) atoms. The minimum atomic E-state index is -0.236. The third-order valence-electron chi connectivity index (χ3n) is 4.68. The van der Waals surface area contributed by atoms with E-state index in [9.17, 15) is 5.11 Å². The van der Waals surface area contributed by atoms with E-state index < -0.39 is 0 Å². The van der Waals surface area contributed by atoms with Gasteiger partial charge in [0.15, 0.2) is 0 Å². The molecule has 0 saturated heterocycles. The van der Waals surface area contributed by atoms with Crippen LogP contribution in [0.2, 0.25) is 0 Å². The van der Waals surface area contributed by atoms with Crippen LogP contribution in [0, 0.1) is 11.8 Å². The SMILES string of the molecule is CC1CCCC1C(O)Cc1cc(Br)cc2c1OCC2. The van der Waals surface area contributed by atoms with E-state index in [4.69, 9.17) is 4.74 Å². The van der Waals surface area contributed by atoms with Gasteiger partial charge in [-0.15, -0.1) is 0 Å². The Morgan fingerprint density at radius 1 is 1.42 bits per heavy atom. The first kappa shape index (κ1) is 13.4. The summed E-state index contributed by atoms with van der Waals surface area (Å²) in [6.45, 7) is 3.04.